The summed E-state index contributed by atoms with van der Waals surface area (Å²) in [6.07, 6.45) is 13.0. The molecule has 1 aliphatic carbocycles. The molecular formula is C32H30N3OP. The van der Waals surface area contributed by atoms with Crippen molar-refractivity contribution >= 4 is 35.4 Å². The molecule has 0 unspecified atom stereocenters. The summed E-state index contributed by atoms with van der Waals surface area (Å²) >= 11 is 0. The van der Waals surface area contributed by atoms with Gasteiger partial charge in [-0.05, 0) is 44.7 Å². The van der Waals surface area contributed by atoms with Crippen LogP contribution in [0.5, 0.6) is 0 Å². The van der Waals surface area contributed by atoms with E-state index in [2.05, 4.69) is 112 Å². The smallest absolute Gasteiger partial charge is 0.262 e. The van der Waals surface area contributed by atoms with Gasteiger partial charge >= 0.3 is 7.59 Å². The van der Waals surface area contributed by atoms with Crippen molar-refractivity contribution in [3.05, 3.63) is 132 Å². The minimum absolute atomic E-state index is 0.594. The summed E-state index contributed by atoms with van der Waals surface area (Å²) in [6, 6.07) is 29.5. The third kappa shape index (κ3) is 4.89. The molecule has 1 saturated heterocycles. The normalized spacial score (nSPS) is 18.1. The molecule has 2 aliphatic rings. The maximum absolute atomic E-state index is 14.9. The predicted molar refractivity (Wildman–Crippen MR) is 156 cm³/mol. The van der Waals surface area contributed by atoms with E-state index in [1.807, 2.05) is 12.2 Å². The number of nitrogens with zero attached hydrogens (tertiary/aromatic N) is 3. The molecule has 5 heteroatoms. The van der Waals surface area contributed by atoms with Crippen molar-refractivity contribution in [1.82, 2.24) is 9.34 Å². The number of allylic oxidation sites excluding steroid dienone is 6. The molecule has 0 aromatic heterocycles. The molecule has 184 valence electrons. The van der Waals surface area contributed by atoms with Crippen LogP contribution in [-0.4, -0.2) is 28.6 Å². The lowest BCUT2D eigenvalue weighted by atomic mass is 10.0. The Morgan fingerprint density at radius 1 is 0.730 bits per heavy atom. The monoisotopic (exact) mass is 503 g/mol. The third-order valence-corrected chi connectivity index (χ3v) is 9.76. The molecule has 0 spiro atoms. The summed E-state index contributed by atoms with van der Waals surface area (Å²) < 4.78 is 23.9. The number of benzene rings is 4. The molecule has 4 aromatic rings. The Balaban J connectivity index is 1.37. The SMILES string of the molecule is O=P1(N=CC2=CC=CCC=C2)N(Cc2cccc3ccccc23)CCN1Cc1cccc2ccccc12. The van der Waals surface area contributed by atoms with Gasteiger partial charge in [0, 0.05) is 32.4 Å². The number of hydrogen-bond donors (Lipinski definition) is 0. The summed E-state index contributed by atoms with van der Waals surface area (Å²) in [5.74, 6) is 0. The van der Waals surface area contributed by atoms with Crippen LogP contribution in [0.15, 0.2) is 126 Å². The van der Waals surface area contributed by atoms with E-state index in [0.29, 0.717) is 26.2 Å². The van der Waals surface area contributed by atoms with Gasteiger partial charge in [0.15, 0.2) is 0 Å². The maximum Gasteiger partial charge on any atom is 0.330 e. The van der Waals surface area contributed by atoms with E-state index < -0.39 is 7.59 Å². The highest BCUT2D eigenvalue weighted by Gasteiger charge is 2.42. The van der Waals surface area contributed by atoms with Crippen LogP contribution >= 0.6 is 7.59 Å². The molecule has 1 heterocycles. The Morgan fingerprint density at radius 3 is 1.92 bits per heavy atom. The molecule has 0 saturated carbocycles. The second-order valence-electron chi connectivity index (χ2n) is 9.54. The molecular weight excluding hydrogens is 473 g/mol. The van der Waals surface area contributed by atoms with Crippen LogP contribution in [0.3, 0.4) is 0 Å². The van der Waals surface area contributed by atoms with E-state index in [0.717, 1.165) is 12.0 Å². The maximum atomic E-state index is 14.9. The fourth-order valence-electron chi connectivity index (χ4n) is 5.24. The highest BCUT2D eigenvalue weighted by molar-refractivity contribution is 7.58. The van der Waals surface area contributed by atoms with Crippen LogP contribution in [0.1, 0.15) is 17.5 Å². The van der Waals surface area contributed by atoms with Crippen molar-refractivity contribution in [2.24, 2.45) is 4.76 Å². The lowest BCUT2D eigenvalue weighted by Gasteiger charge is -2.27. The van der Waals surface area contributed by atoms with E-state index in [-0.39, 0.29) is 0 Å². The lowest BCUT2D eigenvalue weighted by Crippen LogP contribution is -2.19. The Bertz CT molecular complexity index is 1510. The summed E-state index contributed by atoms with van der Waals surface area (Å²) in [5, 5.41) is 4.80. The van der Waals surface area contributed by atoms with Gasteiger partial charge in [0.2, 0.25) is 0 Å². The van der Waals surface area contributed by atoms with E-state index in [1.54, 1.807) is 6.21 Å². The van der Waals surface area contributed by atoms with E-state index >= 15 is 0 Å². The van der Waals surface area contributed by atoms with E-state index in [1.165, 1.54) is 32.7 Å². The highest BCUT2D eigenvalue weighted by Crippen LogP contribution is 2.59. The molecule has 4 nitrogen and oxygen atoms in total. The van der Waals surface area contributed by atoms with Crippen LogP contribution in [0.25, 0.3) is 21.5 Å². The molecule has 4 aromatic carbocycles. The molecule has 0 bridgehead atoms. The quantitative estimate of drug-likeness (QED) is 0.198. The van der Waals surface area contributed by atoms with Crippen molar-refractivity contribution in [3.8, 4) is 0 Å². The van der Waals surface area contributed by atoms with Crippen molar-refractivity contribution < 1.29 is 4.57 Å². The Kier molecular flexibility index (Phi) is 6.72. The molecule has 0 N–H and O–H groups in total. The Morgan fingerprint density at radius 2 is 1.30 bits per heavy atom. The minimum atomic E-state index is -3.22. The highest BCUT2D eigenvalue weighted by atomic mass is 31.2. The van der Waals surface area contributed by atoms with Gasteiger partial charge < -0.3 is 0 Å². The van der Waals surface area contributed by atoms with E-state index in [9.17, 15) is 4.57 Å². The summed E-state index contributed by atoms with van der Waals surface area (Å²) in [5.41, 5.74) is 3.32. The van der Waals surface area contributed by atoms with Crippen molar-refractivity contribution in [1.29, 1.82) is 0 Å². The summed E-state index contributed by atoms with van der Waals surface area (Å²) in [7, 11) is -3.22. The number of rotatable bonds is 6. The number of fused-ring (bicyclic) bond motifs is 2. The van der Waals surface area contributed by atoms with Crippen LogP contribution in [-0.2, 0) is 17.7 Å². The second kappa shape index (κ2) is 10.4. The first-order valence-electron chi connectivity index (χ1n) is 12.8. The third-order valence-electron chi connectivity index (χ3n) is 7.18. The van der Waals surface area contributed by atoms with Gasteiger partial charge in [-0.1, -0.05) is 115 Å². The molecule has 6 rings (SSSR count). The molecule has 0 radical (unpaired) electrons. The van der Waals surface area contributed by atoms with Crippen molar-refractivity contribution in [2.75, 3.05) is 13.1 Å². The van der Waals surface area contributed by atoms with Gasteiger partial charge in [-0.25, -0.2) is 14.1 Å². The van der Waals surface area contributed by atoms with Crippen molar-refractivity contribution in [2.45, 2.75) is 19.5 Å². The first-order chi connectivity index (χ1) is 18.2. The largest absolute Gasteiger partial charge is 0.330 e. The molecule has 1 fully saturated rings. The van der Waals surface area contributed by atoms with Crippen LogP contribution in [0.2, 0.25) is 0 Å². The molecule has 1 aliphatic heterocycles. The van der Waals surface area contributed by atoms with Crippen LogP contribution in [0, 0.1) is 0 Å². The Labute approximate surface area is 218 Å². The van der Waals surface area contributed by atoms with Gasteiger partial charge in [-0.3, -0.25) is 4.57 Å². The zero-order valence-electron chi connectivity index (χ0n) is 20.8. The van der Waals surface area contributed by atoms with Crippen LogP contribution in [0.4, 0.5) is 0 Å². The number of hydrogen-bond acceptors (Lipinski definition) is 1. The van der Waals surface area contributed by atoms with Crippen LogP contribution < -0.4 is 0 Å². The summed E-state index contributed by atoms with van der Waals surface area (Å²) in [6.45, 7) is 2.60. The first kappa shape index (κ1) is 23.8. The van der Waals surface area contributed by atoms with Gasteiger partial charge in [-0.15, -0.1) is 0 Å². The van der Waals surface area contributed by atoms with Gasteiger partial charge in [0.25, 0.3) is 0 Å². The molecule has 37 heavy (non-hydrogen) atoms. The second-order valence-corrected chi connectivity index (χ2v) is 11.9. The zero-order valence-corrected chi connectivity index (χ0v) is 21.7. The fourth-order valence-corrected chi connectivity index (χ4v) is 7.54. The average Bonchev–Trinajstić information content (AvgIpc) is 3.09. The standard InChI is InChI=1S/C32H30N3OP/c36-37(33-23-26-11-3-1-2-4-12-26)34(24-29-17-9-15-27-13-5-7-19-31(27)29)21-22-35(37)25-30-18-10-16-28-14-6-8-20-32(28)30/h1,3-20,23H,2,21-22,24-25H2. The lowest BCUT2D eigenvalue weighted by molar-refractivity contribution is 0.436. The predicted octanol–water partition coefficient (Wildman–Crippen LogP) is 7.93. The fraction of sp³-hybridized carbons (Fsp3) is 0.156. The summed E-state index contributed by atoms with van der Waals surface area (Å²) in [4.78, 5) is 0. The molecule has 0 amide bonds. The average molecular weight is 504 g/mol. The van der Waals surface area contributed by atoms with E-state index in [4.69, 9.17) is 4.76 Å². The van der Waals surface area contributed by atoms with Gasteiger partial charge in [0.1, 0.15) is 0 Å². The first-order valence-corrected chi connectivity index (χ1v) is 14.4. The Hall–Kier alpha value is -3.56. The van der Waals surface area contributed by atoms with Gasteiger partial charge in [-0.2, -0.15) is 0 Å². The topological polar surface area (TPSA) is 35.9 Å². The van der Waals surface area contributed by atoms with Crippen molar-refractivity contribution in [3.63, 3.8) is 0 Å². The van der Waals surface area contributed by atoms with Gasteiger partial charge in [0.05, 0.1) is 0 Å². The molecule has 0 atom stereocenters. The zero-order chi connectivity index (χ0) is 25.1. The minimum Gasteiger partial charge on any atom is -0.262 e.